The first kappa shape index (κ1) is 15.1. The Balaban J connectivity index is 2.17. The van der Waals surface area contributed by atoms with Crippen LogP contribution in [-0.4, -0.2) is 23.3 Å². The van der Waals surface area contributed by atoms with E-state index in [2.05, 4.69) is 14.7 Å². The first-order valence-electron chi connectivity index (χ1n) is 6.20. The fourth-order valence-electron chi connectivity index (χ4n) is 1.75. The van der Waals surface area contributed by atoms with Gasteiger partial charge in [-0.1, -0.05) is 25.1 Å². The van der Waals surface area contributed by atoms with Crippen molar-refractivity contribution in [2.75, 3.05) is 0 Å². The van der Waals surface area contributed by atoms with E-state index < -0.39 is 14.9 Å². The van der Waals surface area contributed by atoms with Crippen LogP contribution in [0.5, 0.6) is 0 Å². The van der Waals surface area contributed by atoms with E-state index in [1.807, 2.05) is 6.92 Å². The van der Waals surface area contributed by atoms with Gasteiger partial charge in [0.2, 0.25) is 0 Å². The van der Waals surface area contributed by atoms with Crippen LogP contribution in [0.1, 0.15) is 18.3 Å². The summed E-state index contributed by atoms with van der Waals surface area (Å²) in [6, 6.07) is 5.97. The molecule has 0 aliphatic heterocycles. The molecule has 2 N–H and O–H groups in total. The van der Waals surface area contributed by atoms with E-state index in [1.165, 1.54) is 24.4 Å². The number of nitrogens with one attached hydrogen (secondary N) is 2. The quantitative estimate of drug-likeness (QED) is 0.617. The smallest absolute Gasteiger partial charge is 0.273 e. The maximum Gasteiger partial charge on any atom is 0.273 e. The molecule has 0 atom stereocenters. The summed E-state index contributed by atoms with van der Waals surface area (Å²) in [7, 11) is -3.78. The van der Waals surface area contributed by atoms with Crippen LogP contribution in [0.3, 0.4) is 0 Å². The highest BCUT2D eigenvalue weighted by molar-refractivity contribution is 7.89. The van der Waals surface area contributed by atoms with E-state index in [1.54, 1.807) is 6.07 Å². The number of H-pyrrole nitrogens is 1. The lowest BCUT2D eigenvalue weighted by Crippen LogP contribution is -2.24. The Bertz CT molecular complexity index is 754. The minimum atomic E-state index is -3.78. The molecule has 0 fully saturated rings. The van der Waals surface area contributed by atoms with Gasteiger partial charge in [-0.2, -0.15) is 0 Å². The molecule has 0 amide bonds. The van der Waals surface area contributed by atoms with Gasteiger partial charge in [-0.3, -0.25) is 10.1 Å². The zero-order valence-electron chi connectivity index (χ0n) is 11.2. The van der Waals surface area contributed by atoms with Crippen LogP contribution < -0.4 is 4.72 Å². The molecule has 21 heavy (non-hydrogen) atoms. The van der Waals surface area contributed by atoms with Crippen LogP contribution in [0.4, 0.5) is 5.69 Å². The van der Waals surface area contributed by atoms with Gasteiger partial charge < -0.3 is 4.98 Å². The Morgan fingerprint density at radius 3 is 2.71 bits per heavy atom. The summed E-state index contributed by atoms with van der Waals surface area (Å²) in [4.78, 5) is 16.9. The number of rotatable bonds is 6. The van der Waals surface area contributed by atoms with Crippen molar-refractivity contribution >= 4 is 15.7 Å². The first-order valence-corrected chi connectivity index (χ1v) is 7.68. The summed E-state index contributed by atoms with van der Waals surface area (Å²) >= 11 is 0. The predicted octanol–water partition coefficient (Wildman–Crippen LogP) is 1.36. The Kier molecular flexibility index (Phi) is 4.34. The fourth-order valence-corrected chi connectivity index (χ4v) is 2.69. The molecule has 0 unspecified atom stereocenters. The maximum absolute atomic E-state index is 12.1. The Morgan fingerprint density at radius 1 is 1.38 bits per heavy atom. The number of para-hydroxylation sites is 1. The van der Waals surface area contributed by atoms with Crippen molar-refractivity contribution in [1.29, 1.82) is 0 Å². The summed E-state index contributed by atoms with van der Waals surface area (Å²) in [6.45, 7) is 1.68. The second kappa shape index (κ2) is 6.02. The number of hydrogen-bond acceptors (Lipinski definition) is 5. The van der Waals surface area contributed by atoms with Gasteiger partial charge in [0.1, 0.15) is 5.82 Å². The molecule has 0 aliphatic rings. The Morgan fingerprint density at radius 2 is 2.10 bits per heavy atom. The molecule has 0 saturated heterocycles. The molecule has 0 bridgehead atoms. The van der Waals surface area contributed by atoms with Gasteiger partial charge in [0.05, 0.1) is 11.1 Å². The van der Waals surface area contributed by atoms with Gasteiger partial charge in [0.25, 0.3) is 15.7 Å². The van der Waals surface area contributed by atoms with E-state index in [0.717, 1.165) is 0 Å². The lowest BCUT2D eigenvalue weighted by Gasteiger charge is -2.05. The Labute approximate surface area is 121 Å². The first-order chi connectivity index (χ1) is 9.94. The number of sulfonamides is 1. The summed E-state index contributed by atoms with van der Waals surface area (Å²) in [6.07, 6.45) is 1.81. The van der Waals surface area contributed by atoms with Crippen LogP contribution in [0, 0.1) is 10.1 Å². The standard InChI is InChI=1S/C12H14N4O4S/c1-2-11-13-8-12(15-11)21(19,20)14-7-9-5-3-4-6-10(9)16(17)18/h3-6,8,14H,2,7H2,1H3,(H,13,15). The lowest BCUT2D eigenvalue weighted by molar-refractivity contribution is -0.385. The number of aryl methyl sites for hydroxylation is 1. The van der Waals surface area contributed by atoms with Crippen LogP contribution in [0.15, 0.2) is 35.5 Å². The van der Waals surface area contributed by atoms with Crippen molar-refractivity contribution in [1.82, 2.24) is 14.7 Å². The molecule has 0 spiro atoms. The molecule has 0 radical (unpaired) electrons. The van der Waals surface area contributed by atoms with Crippen LogP contribution in [0.25, 0.3) is 0 Å². The monoisotopic (exact) mass is 310 g/mol. The van der Waals surface area contributed by atoms with Gasteiger partial charge in [-0.05, 0) is 0 Å². The second-order valence-corrected chi connectivity index (χ2v) is 5.99. The predicted molar refractivity (Wildman–Crippen MR) is 75.1 cm³/mol. The van der Waals surface area contributed by atoms with Gasteiger partial charge in [-0.25, -0.2) is 18.1 Å². The molecule has 112 valence electrons. The fraction of sp³-hybridized carbons (Fsp3) is 0.250. The highest BCUT2D eigenvalue weighted by atomic mass is 32.2. The van der Waals surface area contributed by atoms with Crippen LogP contribution >= 0.6 is 0 Å². The summed E-state index contributed by atoms with van der Waals surface area (Å²) in [5, 5.41) is 10.8. The zero-order valence-corrected chi connectivity index (χ0v) is 12.1. The molecule has 1 aromatic carbocycles. The van der Waals surface area contributed by atoms with E-state index >= 15 is 0 Å². The molecular weight excluding hydrogens is 296 g/mol. The third-order valence-corrected chi connectivity index (χ3v) is 4.18. The second-order valence-electron chi connectivity index (χ2n) is 4.26. The van der Waals surface area contributed by atoms with Gasteiger partial charge in [0, 0.05) is 24.6 Å². The van der Waals surface area contributed by atoms with Crippen LogP contribution in [-0.2, 0) is 23.0 Å². The Hall–Kier alpha value is -2.26. The van der Waals surface area contributed by atoms with Crippen molar-refractivity contribution in [3.05, 3.63) is 52.0 Å². The highest BCUT2D eigenvalue weighted by Crippen LogP contribution is 2.18. The number of nitro benzene ring substituents is 1. The summed E-state index contributed by atoms with van der Waals surface area (Å²) in [5.74, 6) is 0.557. The number of imidazole rings is 1. The molecule has 2 aromatic rings. The van der Waals surface area contributed by atoms with E-state index in [-0.39, 0.29) is 17.3 Å². The van der Waals surface area contributed by atoms with E-state index in [9.17, 15) is 18.5 Å². The SMILES string of the molecule is CCc1ncc(S(=O)(=O)NCc2ccccc2[N+](=O)[O-])[nH]1. The summed E-state index contributed by atoms with van der Waals surface area (Å²) in [5.41, 5.74) is 0.167. The number of nitro groups is 1. The van der Waals surface area contributed by atoms with Gasteiger partial charge >= 0.3 is 0 Å². The molecule has 0 saturated carbocycles. The molecule has 1 heterocycles. The molecular formula is C12H14N4O4S. The van der Waals surface area contributed by atoms with E-state index in [0.29, 0.717) is 17.8 Å². The number of aromatic amines is 1. The minimum absolute atomic E-state index is 0.0575. The van der Waals surface area contributed by atoms with Gasteiger partial charge in [-0.15, -0.1) is 0 Å². The summed E-state index contributed by atoms with van der Waals surface area (Å²) < 4.78 is 26.4. The number of benzene rings is 1. The third-order valence-electron chi connectivity index (χ3n) is 2.87. The minimum Gasteiger partial charge on any atom is -0.332 e. The highest BCUT2D eigenvalue weighted by Gasteiger charge is 2.19. The third kappa shape index (κ3) is 3.44. The molecule has 1 aromatic heterocycles. The molecule has 2 rings (SSSR count). The van der Waals surface area contributed by atoms with Crippen molar-refractivity contribution in [2.45, 2.75) is 24.9 Å². The van der Waals surface area contributed by atoms with Crippen molar-refractivity contribution in [3.63, 3.8) is 0 Å². The van der Waals surface area contributed by atoms with Crippen molar-refractivity contribution < 1.29 is 13.3 Å². The number of nitrogens with zero attached hydrogens (tertiary/aromatic N) is 2. The number of hydrogen-bond donors (Lipinski definition) is 2. The topological polar surface area (TPSA) is 118 Å². The zero-order chi connectivity index (χ0) is 15.5. The molecule has 0 aliphatic carbocycles. The van der Waals surface area contributed by atoms with Gasteiger partial charge in [0.15, 0.2) is 5.03 Å². The average Bonchev–Trinajstić information content (AvgIpc) is 2.95. The average molecular weight is 310 g/mol. The van der Waals surface area contributed by atoms with Crippen LogP contribution in [0.2, 0.25) is 0 Å². The number of aromatic nitrogens is 2. The molecule has 9 heteroatoms. The van der Waals surface area contributed by atoms with Crippen molar-refractivity contribution in [2.24, 2.45) is 0 Å². The maximum atomic E-state index is 12.1. The normalized spacial score (nSPS) is 11.5. The molecule has 8 nitrogen and oxygen atoms in total. The lowest BCUT2D eigenvalue weighted by atomic mass is 10.2. The van der Waals surface area contributed by atoms with Crippen molar-refractivity contribution in [3.8, 4) is 0 Å². The largest absolute Gasteiger partial charge is 0.332 e. The van der Waals surface area contributed by atoms with E-state index in [4.69, 9.17) is 0 Å².